The molecule has 62 heavy (non-hydrogen) atoms. The number of anilines is 4. The van der Waals surface area contributed by atoms with Gasteiger partial charge in [0.25, 0.3) is 0 Å². The molecule has 0 aliphatic carbocycles. The molecule has 341 valence electrons. The predicted molar refractivity (Wildman–Crippen MR) is 271 cm³/mol. The third-order valence-electron chi connectivity index (χ3n) is 12.8. The second-order valence-corrected chi connectivity index (χ2v) is 18.3. The van der Waals surface area contributed by atoms with Crippen LogP contribution in [0.25, 0.3) is 11.4 Å². The van der Waals surface area contributed by atoms with Crippen molar-refractivity contribution in [2.75, 3.05) is 10.6 Å². The lowest BCUT2D eigenvalue weighted by molar-refractivity contribution is 0.639. The van der Waals surface area contributed by atoms with Crippen LogP contribution in [0.2, 0.25) is 0 Å². The molecule has 0 atom stereocenters. The maximum Gasteiger partial charge on any atom is 0.232 e. The van der Waals surface area contributed by atoms with Crippen LogP contribution in [-0.4, -0.2) is 15.0 Å². The Morgan fingerprint density at radius 1 is 0.371 bits per heavy atom. The largest absolute Gasteiger partial charge is 0.324 e. The van der Waals surface area contributed by atoms with E-state index in [1.807, 2.05) is 12.1 Å². The van der Waals surface area contributed by atoms with Crippen LogP contribution in [0.3, 0.4) is 0 Å². The fraction of sp³-hybridized carbons (Fsp3) is 0.632. The molecule has 3 aromatic carbocycles. The van der Waals surface area contributed by atoms with E-state index in [1.165, 1.54) is 189 Å². The van der Waals surface area contributed by atoms with Gasteiger partial charge in [-0.2, -0.15) is 15.0 Å². The van der Waals surface area contributed by atoms with Crippen LogP contribution >= 0.6 is 0 Å². The van der Waals surface area contributed by atoms with Gasteiger partial charge in [0.2, 0.25) is 11.9 Å². The molecule has 0 aliphatic rings. The Balaban J connectivity index is 1.77. The van der Waals surface area contributed by atoms with E-state index in [1.54, 1.807) is 11.1 Å². The number of rotatable bonds is 35. The van der Waals surface area contributed by atoms with Crippen LogP contribution in [0.15, 0.2) is 48.5 Å². The smallest absolute Gasteiger partial charge is 0.232 e. The first kappa shape index (κ1) is 50.9. The number of benzene rings is 3. The first-order valence-corrected chi connectivity index (χ1v) is 26.1. The summed E-state index contributed by atoms with van der Waals surface area (Å²) in [5.74, 6) is 1.84. The Morgan fingerprint density at radius 3 is 0.984 bits per heavy atom. The molecule has 0 saturated carbocycles. The van der Waals surface area contributed by atoms with Crippen LogP contribution in [0.1, 0.15) is 229 Å². The molecular weight excluding hydrogens is 755 g/mol. The minimum absolute atomic E-state index is 0.585. The number of nitrogens with zero attached hydrogens (tertiary/aromatic N) is 3. The molecule has 0 bridgehead atoms. The average Bonchev–Trinajstić information content (AvgIpc) is 3.28. The highest BCUT2D eigenvalue weighted by molar-refractivity contribution is 5.66. The molecule has 5 nitrogen and oxygen atoms in total. The van der Waals surface area contributed by atoms with Gasteiger partial charge in [-0.1, -0.05) is 181 Å². The summed E-state index contributed by atoms with van der Waals surface area (Å²) < 4.78 is 0. The van der Waals surface area contributed by atoms with Gasteiger partial charge in [0, 0.05) is 16.9 Å². The van der Waals surface area contributed by atoms with Gasteiger partial charge in [0.15, 0.2) is 5.82 Å². The summed E-state index contributed by atoms with van der Waals surface area (Å²) in [4.78, 5) is 15.3. The summed E-state index contributed by atoms with van der Waals surface area (Å²) in [6.07, 6.45) is 37.6. The number of hydrogen-bond donors (Lipinski definition) is 2. The maximum absolute atomic E-state index is 5.15. The normalized spacial score (nSPS) is 11.4. The first-order valence-electron chi connectivity index (χ1n) is 26.1. The molecule has 4 rings (SSSR count). The van der Waals surface area contributed by atoms with E-state index in [0.717, 1.165) is 42.6 Å². The summed E-state index contributed by atoms with van der Waals surface area (Å²) in [6, 6.07) is 20.9. The van der Waals surface area contributed by atoms with Crippen molar-refractivity contribution < 1.29 is 0 Å². The van der Waals surface area contributed by atoms with E-state index in [2.05, 4.69) is 94.6 Å². The quantitative estimate of drug-likeness (QED) is 0.0452. The van der Waals surface area contributed by atoms with Crippen molar-refractivity contribution in [1.29, 1.82) is 0 Å². The SMILES string of the molecule is CCCCCCc1cc(Nc2nc(Nc3cc(CCCCCC)c(CCCCCC)c(CCCCCC)c3)nc(-c3cc[c]cc3)n2)cc(CCCCCC)c1CCCCCC. The molecule has 4 aromatic rings. The summed E-state index contributed by atoms with van der Waals surface area (Å²) in [5, 5.41) is 7.53. The molecule has 0 fully saturated rings. The van der Waals surface area contributed by atoms with Crippen molar-refractivity contribution in [2.24, 2.45) is 0 Å². The second-order valence-electron chi connectivity index (χ2n) is 18.3. The van der Waals surface area contributed by atoms with E-state index in [4.69, 9.17) is 15.0 Å². The molecule has 1 radical (unpaired) electrons. The van der Waals surface area contributed by atoms with Crippen molar-refractivity contribution in [1.82, 2.24) is 15.0 Å². The number of unbranched alkanes of at least 4 members (excludes halogenated alkanes) is 18. The summed E-state index contributed by atoms with van der Waals surface area (Å²) in [6.45, 7) is 13.9. The molecule has 2 N–H and O–H groups in total. The van der Waals surface area contributed by atoms with Crippen molar-refractivity contribution in [3.63, 3.8) is 0 Å². The minimum atomic E-state index is 0.585. The van der Waals surface area contributed by atoms with Gasteiger partial charge in [-0.05, 0) is 141 Å². The third kappa shape index (κ3) is 18.5. The zero-order valence-electron chi connectivity index (χ0n) is 40.7. The van der Waals surface area contributed by atoms with Crippen molar-refractivity contribution in [3.05, 3.63) is 88.0 Å². The van der Waals surface area contributed by atoms with Crippen LogP contribution in [0.5, 0.6) is 0 Å². The minimum Gasteiger partial charge on any atom is -0.324 e. The highest BCUT2D eigenvalue weighted by Crippen LogP contribution is 2.32. The van der Waals surface area contributed by atoms with Gasteiger partial charge in [0.05, 0.1) is 0 Å². The lowest BCUT2D eigenvalue weighted by atomic mass is 9.89. The lowest BCUT2D eigenvalue weighted by Gasteiger charge is -2.20. The van der Waals surface area contributed by atoms with Gasteiger partial charge in [-0.25, -0.2) is 0 Å². The molecule has 1 heterocycles. The van der Waals surface area contributed by atoms with E-state index in [0.29, 0.717) is 17.7 Å². The van der Waals surface area contributed by atoms with E-state index in [9.17, 15) is 0 Å². The van der Waals surface area contributed by atoms with Gasteiger partial charge in [0.1, 0.15) is 0 Å². The molecule has 1 aromatic heterocycles. The standard InChI is InChI=1S/C57H88N5/c1-7-13-19-26-36-47-42-51(43-48(37-27-20-14-8-2)53(47)40-32-23-17-11-5)58-56-60-55(46-34-30-25-31-35-46)61-57(62-56)59-52-44-49(38-28-21-15-9-3)54(41-33-24-18-12-6)50(45-52)39-29-22-16-10-4/h30-31,34-35,42-45H,7-24,26-29,32-33,36-41H2,1-6H3,(H2,58,59,60,61,62). The van der Waals surface area contributed by atoms with Crippen LogP contribution in [0, 0.1) is 6.07 Å². The Hall–Kier alpha value is -3.73. The van der Waals surface area contributed by atoms with Crippen LogP contribution in [-0.2, 0) is 38.5 Å². The van der Waals surface area contributed by atoms with Gasteiger partial charge >= 0.3 is 0 Å². The number of hydrogen-bond acceptors (Lipinski definition) is 5. The second kappa shape index (κ2) is 31.2. The van der Waals surface area contributed by atoms with E-state index >= 15 is 0 Å². The predicted octanol–water partition coefficient (Wildman–Crippen LogP) is 17.6. The lowest BCUT2D eigenvalue weighted by Crippen LogP contribution is -2.09. The maximum atomic E-state index is 5.15. The highest BCUT2D eigenvalue weighted by Gasteiger charge is 2.17. The molecule has 0 unspecified atom stereocenters. The fourth-order valence-corrected chi connectivity index (χ4v) is 9.11. The van der Waals surface area contributed by atoms with Crippen LogP contribution in [0.4, 0.5) is 23.3 Å². The molecule has 5 heteroatoms. The molecule has 0 amide bonds. The van der Waals surface area contributed by atoms with Crippen molar-refractivity contribution in [3.8, 4) is 11.4 Å². The van der Waals surface area contributed by atoms with E-state index in [-0.39, 0.29) is 0 Å². The summed E-state index contributed by atoms with van der Waals surface area (Å²) >= 11 is 0. The summed E-state index contributed by atoms with van der Waals surface area (Å²) in [7, 11) is 0. The molecule has 0 aliphatic heterocycles. The van der Waals surface area contributed by atoms with Crippen LogP contribution < -0.4 is 10.6 Å². The third-order valence-corrected chi connectivity index (χ3v) is 12.8. The summed E-state index contributed by atoms with van der Waals surface area (Å²) in [5.41, 5.74) is 12.5. The van der Waals surface area contributed by atoms with E-state index < -0.39 is 0 Å². The molecule has 0 spiro atoms. The van der Waals surface area contributed by atoms with Gasteiger partial charge in [-0.15, -0.1) is 0 Å². The first-order chi connectivity index (χ1) is 30.5. The van der Waals surface area contributed by atoms with Crippen molar-refractivity contribution >= 4 is 23.3 Å². The Morgan fingerprint density at radius 2 is 0.677 bits per heavy atom. The zero-order chi connectivity index (χ0) is 44.0. The number of aryl methyl sites for hydroxylation is 4. The monoisotopic (exact) mass is 843 g/mol. The topological polar surface area (TPSA) is 62.7 Å². The number of aromatic nitrogens is 3. The Labute approximate surface area is 380 Å². The highest BCUT2D eigenvalue weighted by atomic mass is 15.2. The Kier molecular flexibility index (Phi) is 25.6. The zero-order valence-corrected chi connectivity index (χ0v) is 40.7. The molecular formula is C57H88N5. The average molecular weight is 843 g/mol. The number of nitrogens with one attached hydrogen (secondary N) is 2. The van der Waals surface area contributed by atoms with Gasteiger partial charge < -0.3 is 10.6 Å². The van der Waals surface area contributed by atoms with Gasteiger partial charge in [-0.3, -0.25) is 0 Å². The fourth-order valence-electron chi connectivity index (χ4n) is 9.11. The molecule has 0 saturated heterocycles. The Bertz CT molecular complexity index is 1610. The van der Waals surface area contributed by atoms with Crippen molar-refractivity contribution in [2.45, 2.75) is 234 Å².